The smallest absolute Gasteiger partial charge is 0.148 e. The van der Waals surface area contributed by atoms with Crippen molar-refractivity contribution in [3.05, 3.63) is 23.7 Å². The van der Waals surface area contributed by atoms with Crippen molar-refractivity contribution >= 4 is 5.78 Å². The highest BCUT2D eigenvalue weighted by Gasteiger charge is 2.20. The molecule has 0 spiro atoms. The van der Waals surface area contributed by atoms with Gasteiger partial charge in [0, 0.05) is 13.0 Å². The SMILES string of the molecule is Cc1ccoc1CN1CCC(=O)C1. The van der Waals surface area contributed by atoms with Gasteiger partial charge in [0.1, 0.15) is 11.5 Å². The summed E-state index contributed by atoms with van der Waals surface area (Å²) in [6.07, 6.45) is 2.39. The zero-order valence-electron chi connectivity index (χ0n) is 7.75. The minimum atomic E-state index is 0.337. The van der Waals surface area contributed by atoms with Crippen LogP contribution in [0.25, 0.3) is 0 Å². The maximum absolute atomic E-state index is 11.0. The molecular weight excluding hydrogens is 166 g/mol. The average molecular weight is 179 g/mol. The van der Waals surface area contributed by atoms with Crippen LogP contribution in [-0.2, 0) is 11.3 Å². The molecule has 2 rings (SSSR count). The van der Waals surface area contributed by atoms with E-state index in [0.29, 0.717) is 18.7 Å². The molecule has 1 aliphatic heterocycles. The van der Waals surface area contributed by atoms with Gasteiger partial charge in [0.25, 0.3) is 0 Å². The van der Waals surface area contributed by atoms with E-state index in [1.165, 1.54) is 5.56 Å². The van der Waals surface area contributed by atoms with E-state index in [4.69, 9.17) is 4.42 Å². The van der Waals surface area contributed by atoms with Gasteiger partial charge in [-0.3, -0.25) is 9.69 Å². The fraction of sp³-hybridized carbons (Fsp3) is 0.500. The normalized spacial score (nSPS) is 18.4. The Labute approximate surface area is 77.3 Å². The Morgan fingerprint density at radius 3 is 3.00 bits per heavy atom. The number of ketones is 1. The maximum atomic E-state index is 11.0. The second-order valence-corrected chi connectivity index (χ2v) is 3.53. The van der Waals surface area contributed by atoms with Crippen molar-refractivity contribution in [1.82, 2.24) is 4.90 Å². The molecule has 0 unspecified atom stereocenters. The summed E-state index contributed by atoms with van der Waals surface area (Å²) < 4.78 is 5.31. The van der Waals surface area contributed by atoms with E-state index >= 15 is 0 Å². The molecule has 13 heavy (non-hydrogen) atoms. The summed E-state index contributed by atoms with van der Waals surface area (Å²) in [5.41, 5.74) is 1.17. The van der Waals surface area contributed by atoms with Crippen molar-refractivity contribution in [2.45, 2.75) is 19.9 Å². The molecule has 3 heteroatoms. The van der Waals surface area contributed by atoms with Crippen molar-refractivity contribution in [1.29, 1.82) is 0 Å². The van der Waals surface area contributed by atoms with Gasteiger partial charge in [0.15, 0.2) is 0 Å². The highest BCUT2D eigenvalue weighted by Crippen LogP contribution is 2.14. The van der Waals surface area contributed by atoms with Crippen LogP contribution in [0.3, 0.4) is 0 Å². The van der Waals surface area contributed by atoms with E-state index in [2.05, 4.69) is 4.90 Å². The van der Waals surface area contributed by atoms with Gasteiger partial charge >= 0.3 is 0 Å². The van der Waals surface area contributed by atoms with Crippen LogP contribution in [-0.4, -0.2) is 23.8 Å². The molecule has 0 amide bonds. The first-order valence-electron chi connectivity index (χ1n) is 4.53. The quantitative estimate of drug-likeness (QED) is 0.687. The van der Waals surface area contributed by atoms with E-state index in [-0.39, 0.29) is 0 Å². The standard InChI is InChI=1S/C10H13NO2/c1-8-3-5-13-10(8)7-11-4-2-9(12)6-11/h3,5H,2,4,6-7H2,1H3. The largest absolute Gasteiger partial charge is 0.468 e. The first-order chi connectivity index (χ1) is 6.25. The number of furan rings is 1. The number of carbonyl (C=O) groups excluding carboxylic acids is 1. The van der Waals surface area contributed by atoms with E-state index in [0.717, 1.165) is 18.8 Å². The van der Waals surface area contributed by atoms with Crippen LogP contribution >= 0.6 is 0 Å². The fourth-order valence-corrected chi connectivity index (χ4v) is 1.59. The second kappa shape index (κ2) is 3.34. The zero-order valence-corrected chi connectivity index (χ0v) is 7.75. The van der Waals surface area contributed by atoms with E-state index in [1.807, 2.05) is 13.0 Å². The number of likely N-dealkylation sites (tertiary alicyclic amines) is 1. The Kier molecular flexibility index (Phi) is 2.19. The number of aryl methyl sites for hydroxylation is 1. The lowest BCUT2D eigenvalue weighted by Crippen LogP contribution is -2.20. The Balaban J connectivity index is 1.99. The van der Waals surface area contributed by atoms with Crippen LogP contribution < -0.4 is 0 Å². The van der Waals surface area contributed by atoms with E-state index < -0.39 is 0 Å². The highest BCUT2D eigenvalue weighted by atomic mass is 16.3. The molecular formula is C10H13NO2. The molecule has 1 saturated heterocycles. The molecule has 0 aliphatic carbocycles. The first-order valence-corrected chi connectivity index (χ1v) is 4.53. The molecule has 1 aliphatic rings. The van der Waals surface area contributed by atoms with Crippen molar-refractivity contribution < 1.29 is 9.21 Å². The Bertz CT molecular complexity index is 316. The van der Waals surface area contributed by atoms with Crippen LogP contribution in [0.4, 0.5) is 0 Å². The number of hydrogen-bond donors (Lipinski definition) is 0. The summed E-state index contributed by atoms with van der Waals surface area (Å²) in [4.78, 5) is 13.1. The van der Waals surface area contributed by atoms with Gasteiger partial charge in [-0.05, 0) is 18.6 Å². The lowest BCUT2D eigenvalue weighted by Gasteiger charge is -2.11. The van der Waals surface area contributed by atoms with Gasteiger partial charge in [-0.1, -0.05) is 0 Å². The monoisotopic (exact) mass is 179 g/mol. The molecule has 0 radical (unpaired) electrons. The zero-order chi connectivity index (χ0) is 9.26. The molecule has 0 bridgehead atoms. The molecule has 0 aromatic carbocycles. The number of carbonyl (C=O) groups is 1. The summed E-state index contributed by atoms with van der Waals surface area (Å²) >= 11 is 0. The molecule has 1 fully saturated rings. The average Bonchev–Trinajstić information content (AvgIpc) is 2.64. The topological polar surface area (TPSA) is 33.5 Å². The van der Waals surface area contributed by atoms with Crippen LogP contribution in [0.15, 0.2) is 16.7 Å². The van der Waals surface area contributed by atoms with Gasteiger partial charge in [-0.25, -0.2) is 0 Å². The molecule has 0 saturated carbocycles. The van der Waals surface area contributed by atoms with E-state index in [1.54, 1.807) is 6.26 Å². The van der Waals surface area contributed by atoms with Gasteiger partial charge in [-0.2, -0.15) is 0 Å². The van der Waals surface area contributed by atoms with Crippen LogP contribution in [0.1, 0.15) is 17.7 Å². The summed E-state index contributed by atoms with van der Waals surface area (Å²) in [6.45, 7) is 4.25. The fourth-order valence-electron chi connectivity index (χ4n) is 1.59. The van der Waals surface area contributed by atoms with Crippen molar-refractivity contribution in [3.63, 3.8) is 0 Å². The number of Topliss-reactive ketones (excluding diaryl/α,β-unsaturated/α-hetero) is 1. The lowest BCUT2D eigenvalue weighted by molar-refractivity contribution is -0.116. The van der Waals surface area contributed by atoms with Crippen LogP contribution in [0.5, 0.6) is 0 Å². The maximum Gasteiger partial charge on any atom is 0.148 e. The first kappa shape index (κ1) is 8.51. The number of hydrogen-bond acceptors (Lipinski definition) is 3. The Morgan fingerprint density at radius 2 is 2.46 bits per heavy atom. The van der Waals surface area contributed by atoms with Crippen molar-refractivity contribution in [2.24, 2.45) is 0 Å². The summed E-state index contributed by atoms with van der Waals surface area (Å²) in [5, 5.41) is 0. The predicted molar refractivity (Wildman–Crippen MR) is 48.3 cm³/mol. The molecule has 3 nitrogen and oxygen atoms in total. The predicted octanol–water partition coefficient (Wildman–Crippen LogP) is 1.36. The van der Waals surface area contributed by atoms with E-state index in [9.17, 15) is 4.79 Å². The molecule has 70 valence electrons. The summed E-state index contributed by atoms with van der Waals surface area (Å²) in [5.74, 6) is 1.32. The minimum absolute atomic E-state index is 0.337. The molecule has 1 aromatic rings. The molecule has 1 aromatic heterocycles. The third-order valence-corrected chi connectivity index (χ3v) is 2.44. The number of rotatable bonds is 2. The van der Waals surface area contributed by atoms with Crippen molar-refractivity contribution in [2.75, 3.05) is 13.1 Å². The van der Waals surface area contributed by atoms with Gasteiger partial charge in [-0.15, -0.1) is 0 Å². The van der Waals surface area contributed by atoms with Crippen LogP contribution in [0, 0.1) is 6.92 Å². The third-order valence-electron chi connectivity index (χ3n) is 2.44. The second-order valence-electron chi connectivity index (χ2n) is 3.53. The molecule has 2 heterocycles. The number of nitrogens with zero attached hydrogens (tertiary/aromatic N) is 1. The van der Waals surface area contributed by atoms with Gasteiger partial charge < -0.3 is 4.42 Å². The Hall–Kier alpha value is -1.09. The van der Waals surface area contributed by atoms with Crippen LogP contribution in [0.2, 0.25) is 0 Å². The minimum Gasteiger partial charge on any atom is -0.468 e. The third kappa shape index (κ3) is 1.80. The molecule has 0 atom stereocenters. The molecule has 0 N–H and O–H groups in total. The van der Waals surface area contributed by atoms with Gasteiger partial charge in [0.05, 0.1) is 19.4 Å². The highest BCUT2D eigenvalue weighted by molar-refractivity contribution is 5.82. The lowest BCUT2D eigenvalue weighted by atomic mass is 10.3. The summed E-state index contributed by atoms with van der Waals surface area (Å²) in [7, 11) is 0. The summed E-state index contributed by atoms with van der Waals surface area (Å²) in [6, 6.07) is 1.95. The Morgan fingerprint density at radius 1 is 1.62 bits per heavy atom. The van der Waals surface area contributed by atoms with Crippen molar-refractivity contribution in [3.8, 4) is 0 Å². The van der Waals surface area contributed by atoms with Gasteiger partial charge in [0.2, 0.25) is 0 Å².